The number of thiophene rings is 1. The first kappa shape index (κ1) is 22.3. The number of nitrogens with zero attached hydrogens (tertiary/aromatic N) is 3. The lowest BCUT2D eigenvalue weighted by Gasteiger charge is -2.22. The number of aryl methyl sites for hydroxylation is 1. The standard InChI is InChI=1S/C23H30N4O2S2/c1-13(2)10-27-21(29)19-16-8-5-14(3)9-17(16)31-20(19)25-22(27)30-11-18(28)26-23(4,12-24)15-6-7-15/h13-15H,5-11H2,1-4H3,(H,26,28). The molecule has 2 atom stereocenters. The predicted octanol–water partition coefficient (Wildman–Crippen LogP) is 4.14. The second kappa shape index (κ2) is 8.59. The van der Waals surface area contributed by atoms with Gasteiger partial charge in [-0.05, 0) is 62.3 Å². The Morgan fingerprint density at radius 2 is 2.16 bits per heavy atom. The minimum absolute atomic E-state index is 0.0218. The smallest absolute Gasteiger partial charge is 0.263 e. The fourth-order valence-corrected chi connectivity index (χ4v) is 6.61. The molecule has 1 N–H and O–H groups in total. The van der Waals surface area contributed by atoms with E-state index in [1.54, 1.807) is 22.8 Å². The molecule has 2 aliphatic rings. The van der Waals surface area contributed by atoms with Crippen LogP contribution in [0.3, 0.4) is 0 Å². The zero-order valence-electron chi connectivity index (χ0n) is 18.7. The average Bonchev–Trinajstić information content (AvgIpc) is 3.50. The predicted molar refractivity (Wildman–Crippen MR) is 126 cm³/mol. The first-order chi connectivity index (χ1) is 14.7. The molecule has 2 unspecified atom stereocenters. The third-order valence-corrected chi connectivity index (χ3v) is 8.41. The third kappa shape index (κ3) is 4.54. The van der Waals surface area contributed by atoms with Crippen LogP contribution in [0.1, 0.15) is 57.4 Å². The zero-order valence-corrected chi connectivity index (χ0v) is 20.3. The van der Waals surface area contributed by atoms with E-state index in [4.69, 9.17) is 4.98 Å². The van der Waals surface area contributed by atoms with Crippen molar-refractivity contribution in [2.45, 2.75) is 77.0 Å². The largest absolute Gasteiger partial charge is 0.337 e. The van der Waals surface area contributed by atoms with Crippen LogP contribution in [0.2, 0.25) is 0 Å². The van der Waals surface area contributed by atoms with Gasteiger partial charge in [-0.15, -0.1) is 11.3 Å². The van der Waals surface area contributed by atoms with Gasteiger partial charge < -0.3 is 5.32 Å². The Balaban J connectivity index is 1.62. The van der Waals surface area contributed by atoms with Gasteiger partial charge in [0.25, 0.3) is 5.56 Å². The van der Waals surface area contributed by atoms with E-state index < -0.39 is 5.54 Å². The number of carbonyl (C=O) groups is 1. The lowest BCUT2D eigenvalue weighted by atomic mass is 9.89. The summed E-state index contributed by atoms with van der Waals surface area (Å²) in [6.45, 7) is 8.79. The highest BCUT2D eigenvalue weighted by Crippen LogP contribution is 2.39. The molecule has 1 saturated carbocycles. The lowest BCUT2D eigenvalue weighted by Crippen LogP contribution is -2.47. The molecule has 0 radical (unpaired) electrons. The van der Waals surface area contributed by atoms with Crippen LogP contribution < -0.4 is 10.9 Å². The second-order valence-electron chi connectivity index (χ2n) is 9.66. The molecule has 2 aliphatic carbocycles. The van der Waals surface area contributed by atoms with Crippen LogP contribution in [0.25, 0.3) is 10.2 Å². The van der Waals surface area contributed by atoms with E-state index in [0.29, 0.717) is 17.6 Å². The van der Waals surface area contributed by atoms with Crippen LogP contribution >= 0.6 is 23.1 Å². The number of nitrogens with one attached hydrogen (secondary N) is 1. The van der Waals surface area contributed by atoms with Gasteiger partial charge in [-0.2, -0.15) is 5.26 Å². The molecule has 2 aromatic heterocycles. The maximum atomic E-state index is 13.5. The molecule has 31 heavy (non-hydrogen) atoms. The molecular formula is C23H30N4O2S2. The maximum absolute atomic E-state index is 13.5. The summed E-state index contributed by atoms with van der Waals surface area (Å²) < 4.78 is 1.75. The molecule has 0 bridgehead atoms. The molecule has 1 amide bonds. The molecule has 166 valence electrons. The number of thioether (sulfide) groups is 1. The van der Waals surface area contributed by atoms with Crippen LogP contribution in [-0.4, -0.2) is 26.8 Å². The van der Waals surface area contributed by atoms with Crippen LogP contribution in [0.5, 0.6) is 0 Å². The number of hydrogen-bond acceptors (Lipinski definition) is 6. The first-order valence-electron chi connectivity index (χ1n) is 11.1. The summed E-state index contributed by atoms with van der Waals surface area (Å²) in [6, 6.07) is 2.26. The first-order valence-corrected chi connectivity index (χ1v) is 12.9. The number of nitriles is 1. The number of hydrogen-bond donors (Lipinski definition) is 1. The van der Waals surface area contributed by atoms with Crippen LogP contribution in [0.4, 0.5) is 0 Å². The van der Waals surface area contributed by atoms with Gasteiger partial charge in [-0.1, -0.05) is 32.5 Å². The Morgan fingerprint density at radius 1 is 1.42 bits per heavy atom. The number of aromatic nitrogens is 2. The Bertz CT molecular complexity index is 1110. The summed E-state index contributed by atoms with van der Waals surface area (Å²) >= 11 is 2.93. The van der Waals surface area contributed by atoms with Gasteiger partial charge in [0.15, 0.2) is 5.16 Å². The Kier molecular flexibility index (Phi) is 6.19. The summed E-state index contributed by atoms with van der Waals surface area (Å²) in [5.74, 6) is 1.11. The van der Waals surface area contributed by atoms with Gasteiger partial charge in [0.2, 0.25) is 5.91 Å². The zero-order chi connectivity index (χ0) is 22.3. The highest BCUT2D eigenvalue weighted by Gasteiger charge is 2.43. The maximum Gasteiger partial charge on any atom is 0.263 e. The van der Waals surface area contributed by atoms with Crippen LogP contribution in [0.15, 0.2) is 9.95 Å². The number of fused-ring (bicyclic) bond motifs is 3. The molecule has 0 saturated heterocycles. The van der Waals surface area contributed by atoms with Gasteiger partial charge in [-0.25, -0.2) is 4.98 Å². The minimum Gasteiger partial charge on any atom is -0.337 e. The molecule has 8 heteroatoms. The van der Waals surface area contributed by atoms with Crippen molar-refractivity contribution in [3.63, 3.8) is 0 Å². The van der Waals surface area contributed by atoms with Crippen molar-refractivity contribution in [1.29, 1.82) is 5.26 Å². The highest BCUT2D eigenvalue weighted by atomic mass is 32.2. The Labute approximate surface area is 191 Å². The SMILES string of the molecule is CC(C)Cn1c(SCC(=O)NC(C)(C#N)C2CC2)nc2sc3c(c2c1=O)CCC(C)C3. The number of carbonyl (C=O) groups excluding carboxylic acids is 1. The number of rotatable bonds is 7. The van der Waals surface area contributed by atoms with Crippen molar-refractivity contribution in [2.24, 2.45) is 17.8 Å². The van der Waals surface area contributed by atoms with E-state index in [2.05, 4.69) is 32.2 Å². The Hall–Kier alpha value is -1.85. The molecule has 2 aromatic rings. The van der Waals surface area contributed by atoms with E-state index in [-0.39, 0.29) is 29.1 Å². The average molecular weight is 459 g/mol. The van der Waals surface area contributed by atoms with Crippen molar-refractivity contribution >= 4 is 39.2 Å². The Morgan fingerprint density at radius 3 is 2.81 bits per heavy atom. The molecule has 0 aromatic carbocycles. The minimum atomic E-state index is -0.809. The fourth-order valence-electron chi connectivity index (χ4n) is 4.38. The second-order valence-corrected chi connectivity index (χ2v) is 11.7. The summed E-state index contributed by atoms with van der Waals surface area (Å²) in [5.41, 5.74) is 0.404. The van der Waals surface area contributed by atoms with E-state index in [9.17, 15) is 14.9 Å². The molecule has 0 spiro atoms. The van der Waals surface area contributed by atoms with E-state index in [1.165, 1.54) is 22.2 Å². The molecule has 0 aliphatic heterocycles. The lowest BCUT2D eigenvalue weighted by molar-refractivity contribution is -0.119. The quantitative estimate of drug-likeness (QED) is 0.498. The van der Waals surface area contributed by atoms with E-state index >= 15 is 0 Å². The van der Waals surface area contributed by atoms with Crippen molar-refractivity contribution in [1.82, 2.24) is 14.9 Å². The topological polar surface area (TPSA) is 87.8 Å². The summed E-state index contributed by atoms with van der Waals surface area (Å²) in [7, 11) is 0. The van der Waals surface area contributed by atoms with Gasteiger partial charge in [-0.3, -0.25) is 14.2 Å². The number of amides is 1. The van der Waals surface area contributed by atoms with E-state index in [1.807, 2.05) is 0 Å². The molecule has 2 heterocycles. The van der Waals surface area contributed by atoms with Gasteiger partial charge in [0, 0.05) is 11.4 Å². The van der Waals surface area contributed by atoms with Crippen LogP contribution in [-0.2, 0) is 24.2 Å². The van der Waals surface area contributed by atoms with Gasteiger partial charge in [0.05, 0.1) is 17.2 Å². The normalized spacial score (nSPS) is 20.3. The molecular weight excluding hydrogens is 428 g/mol. The summed E-state index contributed by atoms with van der Waals surface area (Å²) in [5, 5.41) is 13.8. The van der Waals surface area contributed by atoms with Crippen molar-refractivity contribution in [3.8, 4) is 6.07 Å². The summed E-state index contributed by atoms with van der Waals surface area (Å²) in [4.78, 5) is 33.0. The van der Waals surface area contributed by atoms with Crippen molar-refractivity contribution in [3.05, 3.63) is 20.8 Å². The molecule has 4 rings (SSSR count). The van der Waals surface area contributed by atoms with Gasteiger partial charge in [0.1, 0.15) is 10.4 Å². The monoisotopic (exact) mass is 458 g/mol. The van der Waals surface area contributed by atoms with Crippen molar-refractivity contribution < 1.29 is 4.79 Å². The molecule has 1 fully saturated rings. The van der Waals surface area contributed by atoms with Crippen molar-refractivity contribution in [2.75, 3.05) is 5.75 Å². The summed E-state index contributed by atoms with van der Waals surface area (Å²) in [6.07, 6.45) is 5.02. The highest BCUT2D eigenvalue weighted by molar-refractivity contribution is 7.99. The fraction of sp³-hybridized carbons (Fsp3) is 0.652. The van der Waals surface area contributed by atoms with Gasteiger partial charge >= 0.3 is 0 Å². The van der Waals surface area contributed by atoms with Crippen LogP contribution in [0, 0.1) is 29.1 Å². The molecule has 6 nitrogen and oxygen atoms in total. The van der Waals surface area contributed by atoms with E-state index in [0.717, 1.165) is 42.3 Å². The third-order valence-electron chi connectivity index (χ3n) is 6.29.